The topological polar surface area (TPSA) is 20.2 Å². The lowest BCUT2D eigenvalue weighted by atomic mass is 9.62. The van der Waals surface area contributed by atoms with E-state index in [-0.39, 0.29) is 0 Å². The molecule has 3 atom stereocenters. The summed E-state index contributed by atoms with van der Waals surface area (Å²) in [5, 5.41) is 9.51. The summed E-state index contributed by atoms with van der Waals surface area (Å²) >= 11 is 11.9. The third-order valence-corrected chi connectivity index (χ3v) is 4.12. The predicted molar refractivity (Wildman–Crippen MR) is 45.9 cm³/mol. The zero-order valence-corrected chi connectivity index (χ0v) is 7.78. The fourth-order valence-corrected chi connectivity index (χ4v) is 3.27. The maximum atomic E-state index is 9.51. The van der Waals surface area contributed by atoms with Gasteiger partial charge in [-0.1, -0.05) is 36.0 Å². The van der Waals surface area contributed by atoms with Crippen molar-refractivity contribution in [3.05, 3.63) is 0 Å². The van der Waals surface area contributed by atoms with Gasteiger partial charge in [0, 0.05) is 0 Å². The van der Waals surface area contributed by atoms with Crippen LogP contribution in [0.4, 0.5) is 0 Å². The van der Waals surface area contributed by atoms with Gasteiger partial charge < -0.3 is 5.11 Å². The fraction of sp³-hybridized carbons (Fsp3) is 1.00. The summed E-state index contributed by atoms with van der Waals surface area (Å²) in [6, 6.07) is 0. The van der Waals surface area contributed by atoms with Crippen molar-refractivity contribution >= 4 is 23.2 Å². The van der Waals surface area contributed by atoms with Crippen LogP contribution in [0.5, 0.6) is 0 Å². The van der Waals surface area contributed by atoms with Gasteiger partial charge in [-0.2, -0.15) is 0 Å². The van der Waals surface area contributed by atoms with Gasteiger partial charge >= 0.3 is 0 Å². The molecule has 1 N–H and O–H groups in total. The number of aliphatic hydroxyl groups is 1. The molecule has 1 nitrogen and oxygen atoms in total. The molecule has 0 spiro atoms. The summed E-state index contributed by atoms with van der Waals surface area (Å²) < 4.78 is -0.828. The largest absolute Gasteiger partial charge is 0.390 e. The molecule has 0 aromatic carbocycles. The van der Waals surface area contributed by atoms with Gasteiger partial charge in [0.2, 0.25) is 0 Å². The number of alkyl halides is 2. The van der Waals surface area contributed by atoms with Gasteiger partial charge in [0.15, 0.2) is 0 Å². The van der Waals surface area contributed by atoms with E-state index in [2.05, 4.69) is 0 Å². The van der Waals surface area contributed by atoms with Gasteiger partial charge in [0.25, 0.3) is 0 Å². The second kappa shape index (κ2) is 2.51. The highest BCUT2D eigenvalue weighted by Crippen LogP contribution is 2.57. The van der Waals surface area contributed by atoms with Crippen molar-refractivity contribution < 1.29 is 5.11 Å². The van der Waals surface area contributed by atoms with E-state index in [0.29, 0.717) is 11.8 Å². The Labute approximate surface area is 76.7 Å². The van der Waals surface area contributed by atoms with Crippen molar-refractivity contribution in [2.45, 2.75) is 36.1 Å². The summed E-state index contributed by atoms with van der Waals surface area (Å²) in [4.78, 5) is 0. The standard InChI is InChI=1S/C8H12Cl2O/c9-8(10)6-4-2-1-3-5(6)7(8)11/h5-7,11H,1-4H2. The molecule has 0 bridgehead atoms. The molecule has 0 aromatic rings. The van der Waals surface area contributed by atoms with Crippen LogP contribution in [-0.2, 0) is 0 Å². The minimum absolute atomic E-state index is 0.356. The molecule has 0 radical (unpaired) electrons. The third-order valence-electron chi connectivity index (χ3n) is 3.11. The molecule has 2 aliphatic rings. The van der Waals surface area contributed by atoms with Crippen LogP contribution in [0.15, 0.2) is 0 Å². The number of halogens is 2. The first-order valence-corrected chi connectivity index (χ1v) is 4.95. The fourth-order valence-electron chi connectivity index (χ4n) is 2.40. The third kappa shape index (κ3) is 1.01. The van der Waals surface area contributed by atoms with Crippen LogP contribution in [0.2, 0.25) is 0 Å². The molecule has 3 heteroatoms. The molecule has 0 aliphatic heterocycles. The summed E-state index contributed by atoms with van der Waals surface area (Å²) in [5.74, 6) is 0.744. The Kier molecular flexibility index (Phi) is 1.86. The minimum atomic E-state index is -0.828. The zero-order valence-electron chi connectivity index (χ0n) is 6.26. The number of rotatable bonds is 0. The molecule has 11 heavy (non-hydrogen) atoms. The van der Waals surface area contributed by atoms with Crippen molar-refractivity contribution in [2.75, 3.05) is 0 Å². The summed E-state index contributed by atoms with van der Waals surface area (Å²) in [6.45, 7) is 0. The predicted octanol–water partition coefficient (Wildman–Crippen LogP) is 2.34. The lowest BCUT2D eigenvalue weighted by Crippen LogP contribution is -2.60. The van der Waals surface area contributed by atoms with Crippen LogP contribution < -0.4 is 0 Å². The number of hydrogen-bond donors (Lipinski definition) is 1. The van der Waals surface area contributed by atoms with Gasteiger partial charge in [-0.05, 0) is 24.7 Å². The second-order valence-corrected chi connectivity index (χ2v) is 5.12. The zero-order chi connectivity index (χ0) is 8.06. The lowest BCUT2D eigenvalue weighted by Gasteiger charge is -2.54. The van der Waals surface area contributed by atoms with Crippen LogP contribution in [0.3, 0.4) is 0 Å². The van der Waals surface area contributed by atoms with Gasteiger partial charge in [0.1, 0.15) is 4.33 Å². The number of hydrogen-bond acceptors (Lipinski definition) is 1. The molecule has 0 amide bonds. The SMILES string of the molecule is OC1C2CCCCC2C1(Cl)Cl. The van der Waals surface area contributed by atoms with Crippen LogP contribution in [0.25, 0.3) is 0 Å². The van der Waals surface area contributed by atoms with E-state index in [1.165, 1.54) is 12.8 Å². The highest BCUT2D eigenvalue weighted by atomic mass is 35.5. The van der Waals surface area contributed by atoms with Crippen LogP contribution in [0, 0.1) is 11.8 Å². The molecule has 0 heterocycles. The Balaban J connectivity index is 2.09. The van der Waals surface area contributed by atoms with Crippen molar-refractivity contribution in [3.8, 4) is 0 Å². The van der Waals surface area contributed by atoms with E-state index in [4.69, 9.17) is 23.2 Å². The van der Waals surface area contributed by atoms with Crippen LogP contribution in [0.1, 0.15) is 25.7 Å². The van der Waals surface area contributed by atoms with Gasteiger partial charge in [0.05, 0.1) is 6.10 Å². The maximum absolute atomic E-state index is 9.51. The lowest BCUT2D eigenvalue weighted by molar-refractivity contribution is -0.0675. The number of aliphatic hydroxyl groups excluding tert-OH is 1. The average Bonchev–Trinajstić information content (AvgIpc) is 2.04. The van der Waals surface area contributed by atoms with E-state index < -0.39 is 10.4 Å². The Hall–Kier alpha value is 0.540. The summed E-state index contributed by atoms with van der Waals surface area (Å²) in [7, 11) is 0. The first-order valence-electron chi connectivity index (χ1n) is 4.20. The first kappa shape index (κ1) is 8.15. The molecule has 2 saturated carbocycles. The van der Waals surface area contributed by atoms with Gasteiger partial charge in [-0.15, -0.1) is 0 Å². The Morgan fingerprint density at radius 2 is 1.82 bits per heavy atom. The number of fused-ring (bicyclic) bond motifs is 1. The Morgan fingerprint density at radius 1 is 1.18 bits per heavy atom. The normalized spacial score (nSPS) is 47.7. The van der Waals surface area contributed by atoms with Gasteiger partial charge in [-0.25, -0.2) is 0 Å². The molecule has 2 fully saturated rings. The molecule has 2 aliphatic carbocycles. The Bertz CT molecular complexity index is 169. The molecule has 64 valence electrons. The summed E-state index contributed by atoms with van der Waals surface area (Å²) in [6.07, 6.45) is 4.16. The van der Waals surface area contributed by atoms with Crippen LogP contribution >= 0.6 is 23.2 Å². The van der Waals surface area contributed by atoms with Crippen molar-refractivity contribution in [2.24, 2.45) is 11.8 Å². The monoisotopic (exact) mass is 194 g/mol. The smallest absolute Gasteiger partial charge is 0.147 e. The highest BCUT2D eigenvalue weighted by Gasteiger charge is 2.59. The quantitative estimate of drug-likeness (QED) is 0.588. The van der Waals surface area contributed by atoms with E-state index in [1.807, 2.05) is 0 Å². The minimum Gasteiger partial charge on any atom is -0.390 e. The van der Waals surface area contributed by atoms with Crippen molar-refractivity contribution in [1.82, 2.24) is 0 Å². The maximum Gasteiger partial charge on any atom is 0.147 e. The molecule has 3 unspecified atom stereocenters. The van der Waals surface area contributed by atoms with E-state index in [1.54, 1.807) is 0 Å². The summed E-state index contributed by atoms with van der Waals surface area (Å²) in [5.41, 5.74) is 0. The molecular formula is C8H12Cl2O. The van der Waals surface area contributed by atoms with Crippen molar-refractivity contribution in [1.29, 1.82) is 0 Å². The molecule has 0 saturated heterocycles. The van der Waals surface area contributed by atoms with E-state index in [9.17, 15) is 5.11 Å². The van der Waals surface area contributed by atoms with Crippen LogP contribution in [-0.4, -0.2) is 15.5 Å². The molecule has 2 rings (SSSR count). The average molecular weight is 195 g/mol. The van der Waals surface area contributed by atoms with Gasteiger partial charge in [-0.3, -0.25) is 0 Å². The highest BCUT2D eigenvalue weighted by molar-refractivity contribution is 6.49. The first-order chi connectivity index (χ1) is 5.14. The van der Waals surface area contributed by atoms with Crippen molar-refractivity contribution in [3.63, 3.8) is 0 Å². The second-order valence-electron chi connectivity index (χ2n) is 3.67. The van der Waals surface area contributed by atoms with E-state index in [0.717, 1.165) is 12.8 Å². The molecular weight excluding hydrogens is 183 g/mol. The Morgan fingerprint density at radius 3 is 2.45 bits per heavy atom. The van der Waals surface area contributed by atoms with E-state index >= 15 is 0 Å². The molecule has 0 aromatic heterocycles.